The Bertz CT molecular complexity index is 857. The first kappa shape index (κ1) is 16.8. The fraction of sp³-hybridized carbons (Fsp3) is 0.450. The fourth-order valence-electron chi connectivity index (χ4n) is 4.07. The molecule has 3 heterocycles. The van der Waals surface area contributed by atoms with Crippen molar-refractivity contribution in [2.24, 2.45) is 0 Å². The highest BCUT2D eigenvalue weighted by atomic mass is 16.2. The van der Waals surface area contributed by atoms with Crippen LogP contribution in [0.3, 0.4) is 0 Å². The molecular weight excluding hydrogens is 328 g/mol. The first-order valence-electron chi connectivity index (χ1n) is 9.20. The predicted octanol–water partition coefficient (Wildman–Crippen LogP) is 2.32. The van der Waals surface area contributed by atoms with E-state index >= 15 is 0 Å². The van der Waals surface area contributed by atoms with E-state index < -0.39 is 0 Å². The molecule has 1 atom stereocenters. The maximum absolute atomic E-state index is 12.6. The number of carbonyl (C=O) groups is 2. The summed E-state index contributed by atoms with van der Waals surface area (Å²) in [6, 6.07) is 10.00. The smallest absolute Gasteiger partial charge is 0.254 e. The predicted molar refractivity (Wildman–Crippen MR) is 97.7 cm³/mol. The third-order valence-corrected chi connectivity index (χ3v) is 5.40. The zero-order valence-corrected chi connectivity index (χ0v) is 15.3. The van der Waals surface area contributed by atoms with Crippen LogP contribution in [-0.2, 0) is 11.3 Å². The summed E-state index contributed by atoms with van der Waals surface area (Å²) in [7, 11) is 0. The maximum Gasteiger partial charge on any atom is 0.254 e. The number of carbonyl (C=O) groups excluding carboxylic acids is 2. The minimum Gasteiger partial charge on any atom is -0.340 e. The Labute approximate surface area is 153 Å². The van der Waals surface area contributed by atoms with Crippen LogP contribution < -0.4 is 0 Å². The molecular formula is C20H24N4O2. The van der Waals surface area contributed by atoms with E-state index in [0.29, 0.717) is 26.1 Å². The summed E-state index contributed by atoms with van der Waals surface area (Å²) in [5.41, 5.74) is 3.98. The number of nitrogens with zero attached hydrogens (tertiary/aromatic N) is 4. The van der Waals surface area contributed by atoms with Crippen LogP contribution in [0.4, 0.5) is 0 Å². The lowest BCUT2D eigenvalue weighted by Crippen LogP contribution is -2.33. The van der Waals surface area contributed by atoms with Crippen LogP contribution in [0.5, 0.6) is 0 Å². The van der Waals surface area contributed by atoms with E-state index in [1.54, 1.807) is 4.90 Å². The van der Waals surface area contributed by atoms with Crippen molar-refractivity contribution in [3.63, 3.8) is 0 Å². The summed E-state index contributed by atoms with van der Waals surface area (Å²) in [4.78, 5) is 28.7. The Kier molecular flexibility index (Phi) is 4.26. The molecule has 2 aliphatic rings. The van der Waals surface area contributed by atoms with Gasteiger partial charge in [-0.2, -0.15) is 5.10 Å². The average Bonchev–Trinajstić information content (AvgIpc) is 3.31. The lowest BCUT2D eigenvalue weighted by atomic mass is 10.1. The summed E-state index contributed by atoms with van der Waals surface area (Å²) < 4.78 is 2.04. The van der Waals surface area contributed by atoms with E-state index in [-0.39, 0.29) is 17.9 Å². The molecule has 1 saturated heterocycles. The molecule has 4 rings (SSSR count). The molecule has 0 spiro atoms. The number of rotatable bonds is 4. The van der Waals surface area contributed by atoms with Gasteiger partial charge in [-0.3, -0.25) is 14.3 Å². The maximum atomic E-state index is 12.6. The summed E-state index contributed by atoms with van der Waals surface area (Å²) in [5.74, 6) is 0.160. The molecule has 136 valence electrons. The van der Waals surface area contributed by atoms with Gasteiger partial charge in [0.25, 0.3) is 5.91 Å². The molecule has 2 aliphatic heterocycles. The Balaban J connectivity index is 1.32. The SMILES string of the molecule is Cc1cc(C)n([C@@H]2CCN(C(=O)CCN3Cc4ccccc4C3=O)C2)n1. The molecule has 1 aromatic heterocycles. The lowest BCUT2D eigenvalue weighted by Gasteiger charge is -2.20. The molecule has 6 nitrogen and oxygen atoms in total. The first-order valence-corrected chi connectivity index (χ1v) is 9.20. The van der Waals surface area contributed by atoms with Crippen LogP contribution in [0, 0.1) is 13.8 Å². The first-order chi connectivity index (χ1) is 12.5. The largest absolute Gasteiger partial charge is 0.340 e. The number of aromatic nitrogens is 2. The van der Waals surface area contributed by atoms with Gasteiger partial charge in [0.2, 0.25) is 5.91 Å². The molecule has 0 saturated carbocycles. The minimum atomic E-state index is 0.0374. The van der Waals surface area contributed by atoms with Crippen LogP contribution in [0.2, 0.25) is 0 Å². The van der Waals surface area contributed by atoms with Crippen molar-refractivity contribution in [2.45, 2.75) is 39.3 Å². The second kappa shape index (κ2) is 6.59. The molecule has 6 heteroatoms. The van der Waals surface area contributed by atoms with Gasteiger partial charge < -0.3 is 9.80 Å². The standard InChI is InChI=1S/C20H24N4O2/c1-14-11-15(2)24(21-14)17-7-9-22(13-17)19(25)8-10-23-12-16-5-3-4-6-18(16)20(23)26/h3-6,11,17H,7-10,12-13H2,1-2H3/t17-/m1/s1. The van der Waals surface area contributed by atoms with Crippen LogP contribution in [0.1, 0.15) is 46.2 Å². The Hall–Kier alpha value is -2.63. The Morgan fingerprint density at radius 2 is 2.08 bits per heavy atom. The van der Waals surface area contributed by atoms with E-state index in [4.69, 9.17) is 0 Å². The van der Waals surface area contributed by atoms with Crippen molar-refractivity contribution in [2.75, 3.05) is 19.6 Å². The number of amides is 2. The highest BCUT2D eigenvalue weighted by Gasteiger charge is 2.31. The van der Waals surface area contributed by atoms with Gasteiger partial charge in [-0.25, -0.2) is 0 Å². The van der Waals surface area contributed by atoms with Crippen molar-refractivity contribution in [3.8, 4) is 0 Å². The number of benzene rings is 1. The van der Waals surface area contributed by atoms with Crippen molar-refractivity contribution in [1.29, 1.82) is 0 Å². The van der Waals surface area contributed by atoms with Crippen molar-refractivity contribution in [1.82, 2.24) is 19.6 Å². The van der Waals surface area contributed by atoms with Gasteiger partial charge in [0.1, 0.15) is 0 Å². The summed E-state index contributed by atoms with van der Waals surface area (Å²) in [6.45, 7) is 6.60. The highest BCUT2D eigenvalue weighted by Crippen LogP contribution is 2.25. The molecule has 2 amide bonds. The second-order valence-corrected chi connectivity index (χ2v) is 7.29. The molecule has 2 aromatic rings. The topological polar surface area (TPSA) is 58.4 Å². The molecule has 0 unspecified atom stereocenters. The van der Waals surface area contributed by atoms with Crippen LogP contribution in [-0.4, -0.2) is 51.0 Å². The Morgan fingerprint density at radius 3 is 2.81 bits per heavy atom. The van der Waals surface area contributed by atoms with Gasteiger partial charge in [0.05, 0.1) is 11.7 Å². The minimum absolute atomic E-state index is 0.0374. The summed E-state index contributed by atoms with van der Waals surface area (Å²) in [5, 5.41) is 4.55. The van der Waals surface area contributed by atoms with Crippen LogP contribution in [0.15, 0.2) is 30.3 Å². The molecule has 0 radical (unpaired) electrons. The molecule has 26 heavy (non-hydrogen) atoms. The second-order valence-electron chi connectivity index (χ2n) is 7.29. The van der Waals surface area contributed by atoms with Crippen molar-refractivity contribution >= 4 is 11.8 Å². The van der Waals surface area contributed by atoms with E-state index in [2.05, 4.69) is 18.1 Å². The van der Waals surface area contributed by atoms with Crippen molar-refractivity contribution < 1.29 is 9.59 Å². The highest BCUT2D eigenvalue weighted by molar-refractivity contribution is 5.98. The number of hydrogen-bond donors (Lipinski definition) is 0. The number of aryl methyl sites for hydroxylation is 2. The van der Waals surface area contributed by atoms with Gasteiger partial charge in [0, 0.05) is 43.9 Å². The number of fused-ring (bicyclic) bond motifs is 1. The van der Waals surface area contributed by atoms with Crippen molar-refractivity contribution in [3.05, 3.63) is 52.8 Å². The average molecular weight is 352 g/mol. The van der Waals surface area contributed by atoms with Gasteiger partial charge in [-0.05, 0) is 38.0 Å². The van der Waals surface area contributed by atoms with E-state index in [1.165, 1.54) is 0 Å². The molecule has 0 bridgehead atoms. The van der Waals surface area contributed by atoms with Gasteiger partial charge in [-0.15, -0.1) is 0 Å². The summed E-state index contributed by atoms with van der Waals surface area (Å²) in [6.07, 6.45) is 1.31. The number of likely N-dealkylation sites (tertiary alicyclic amines) is 1. The molecule has 1 aromatic carbocycles. The fourth-order valence-corrected chi connectivity index (χ4v) is 4.07. The van der Waals surface area contributed by atoms with Gasteiger partial charge >= 0.3 is 0 Å². The van der Waals surface area contributed by atoms with E-state index in [1.807, 2.05) is 40.8 Å². The van der Waals surface area contributed by atoms with E-state index in [0.717, 1.165) is 35.5 Å². The monoisotopic (exact) mass is 352 g/mol. The van der Waals surface area contributed by atoms with Crippen LogP contribution >= 0.6 is 0 Å². The quantitative estimate of drug-likeness (QED) is 0.848. The zero-order chi connectivity index (χ0) is 18.3. The molecule has 0 aliphatic carbocycles. The molecule has 1 fully saturated rings. The third-order valence-electron chi connectivity index (χ3n) is 5.40. The third kappa shape index (κ3) is 3.00. The summed E-state index contributed by atoms with van der Waals surface area (Å²) >= 11 is 0. The molecule has 0 N–H and O–H groups in total. The normalized spacial score (nSPS) is 19.3. The van der Waals surface area contributed by atoms with Gasteiger partial charge in [-0.1, -0.05) is 18.2 Å². The Morgan fingerprint density at radius 1 is 1.27 bits per heavy atom. The van der Waals surface area contributed by atoms with E-state index in [9.17, 15) is 9.59 Å². The zero-order valence-electron chi connectivity index (χ0n) is 15.3. The van der Waals surface area contributed by atoms with Crippen LogP contribution in [0.25, 0.3) is 0 Å². The number of hydrogen-bond acceptors (Lipinski definition) is 3. The van der Waals surface area contributed by atoms with Gasteiger partial charge in [0.15, 0.2) is 0 Å². The lowest BCUT2D eigenvalue weighted by molar-refractivity contribution is -0.130.